The topological polar surface area (TPSA) is 79.3 Å². The minimum atomic E-state index is -0.947. The molecule has 4 rings (SSSR count). The summed E-state index contributed by atoms with van der Waals surface area (Å²) in [5, 5.41) is 9.59. The van der Waals surface area contributed by atoms with E-state index in [2.05, 4.69) is 4.90 Å². The summed E-state index contributed by atoms with van der Waals surface area (Å²) in [6, 6.07) is 0. The van der Waals surface area contributed by atoms with Gasteiger partial charge in [0.25, 0.3) is 0 Å². The Kier molecular flexibility index (Phi) is 3.71. The van der Waals surface area contributed by atoms with Crippen molar-refractivity contribution >= 4 is 11.9 Å². The first kappa shape index (κ1) is 16.1. The molecular weight excluding hydrogens is 312 g/mol. The van der Waals surface area contributed by atoms with Gasteiger partial charge in [-0.3, -0.25) is 14.5 Å². The molecule has 0 aromatic carbocycles. The molecule has 0 aromatic rings. The van der Waals surface area contributed by atoms with Crippen molar-refractivity contribution in [1.82, 2.24) is 9.80 Å². The molecule has 0 radical (unpaired) electrons. The molecule has 24 heavy (non-hydrogen) atoms. The van der Waals surface area contributed by atoms with Crippen molar-refractivity contribution in [3.05, 3.63) is 12.2 Å². The maximum Gasteiger partial charge on any atom is 0.310 e. The van der Waals surface area contributed by atoms with Crippen molar-refractivity contribution in [2.75, 3.05) is 45.9 Å². The number of carboxylic acid groups (broad SMARTS) is 1. The minimum Gasteiger partial charge on any atom is -0.481 e. The van der Waals surface area contributed by atoms with E-state index in [1.807, 2.05) is 12.2 Å². The summed E-state index contributed by atoms with van der Waals surface area (Å²) in [4.78, 5) is 28.7. The van der Waals surface area contributed by atoms with Crippen LogP contribution in [-0.2, 0) is 19.1 Å². The van der Waals surface area contributed by atoms with Crippen LogP contribution in [0.25, 0.3) is 0 Å². The normalized spacial score (nSPS) is 41.2. The van der Waals surface area contributed by atoms with E-state index in [-0.39, 0.29) is 5.91 Å². The molecule has 0 saturated carbocycles. The van der Waals surface area contributed by atoms with Crippen molar-refractivity contribution in [3.63, 3.8) is 0 Å². The monoisotopic (exact) mass is 336 g/mol. The van der Waals surface area contributed by atoms with Gasteiger partial charge in [0.1, 0.15) is 11.5 Å². The number of aliphatic carboxylic acids is 1. The Bertz CT molecular complexity index is 588. The van der Waals surface area contributed by atoms with E-state index in [1.54, 1.807) is 11.8 Å². The van der Waals surface area contributed by atoms with Crippen LogP contribution in [0, 0.1) is 11.8 Å². The van der Waals surface area contributed by atoms with E-state index in [0.717, 1.165) is 39.3 Å². The van der Waals surface area contributed by atoms with E-state index >= 15 is 0 Å². The van der Waals surface area contributed by atoms with E-state index in [1.165, 1.54) is 0 Å². The zero-order chi connectivity index (χ0) is 16.9. The lowest BCUT2D eigenvalue weighted by Crippen LogP contribution is -2.43. The number of ether oxygens (including phenoxy) is 2. The van der Waals surface area contributed by atoms with Gasteiger partial charge in [0.05, 0.1) is 31.3 Å². The summed E-state index contributed by atoms with van der Waals surface area (Å²) in [5.74, 6) is -2.40. The Hall–Kier alpha value is -1.44. The summed E-state index contributed by atoms with van der Waals surface area (Å²) in [6.07, 6.45) is 4.62. The average Bonchev–Trinajstić information content (AvgIpc) is 3.11. The second kappa shape index (κ2) is 5.54. The van der Waals surface area contributed by atoms with E-state index < -0.39 is 29.0 Å². The smallest absolute Gasteiger partial charge is 0.310 e. The van der Waals surface area contributed by atoms with Crippen LogP contribution in [0.1, 0.15) is 13.3 Å². The van der Waals surface area contributed by atoms with Crippen molar-refractivity contribution in [1.29, 1.82) is 0 Å². The number of rotatable bonds is 5. The van der Waals surface area contributed by atoms with Crippen LogP contribution in [0.4, 0.5) is 0 Å². The van der Waals surface area contributed by atoms with Gasteiger partial charge >= 0.3 is 5.97 Å². The molecule has 4 heterocycles. The van der Waals surface area contributed by atoms with Crippen molar-refractivity contribution in [2.45, 2.75) is 24.5 Å². The first-order valence-corrected chi connectivity index (χ1v) is 8.67. The molecule has 7 nitrogen and oxygen atoms in total. The Morgan fingerprint density at radius 2 is 2.08 bits per heavy atom. The van der Waals surface area contributed by atoms with Gasteiger partial charge in [0, 0.05) is 26.2 Å². The highest BCUT2D eigenvalue weighted by atomic mass is 16.5. The van der Waals surface area contributed by atoms with Crippen LogP contribution in [0.15, 0.2) is 12.2 Å². The van der Waals surface area contributed by atoms with Crippen LogP contribution < -0.4 is 0 Å². The fourth-order valence-electron chi connectivity index (χ4n) is 4.73. The number of hydrogen-bond acceptors (Lipinski definition) is 5. The second-order valence-corrected chi connectivity index (χ2v) is 7.44. The SMILES string of the molecule is C[C@]12C=C[C@]3(CN(CCCN4CCOCC4)C(=O)[C@@H]3[C@@H]1C(=O)O)O2. The fraction of sp³-hybridized carbons (Fsp3) is 0.765. The quantitative estimate of drug-likeness (QED) is 0.710. The number of nitrogens with zero attached hydrogens (tertiary/aromatic N) is 2. The van der Waals surface area contributed by atoms with Crippen LogP contribution >= 0.6 is 0 Å². The molecule has 1 amide bonds. The molecule has 0 aliphatic carbocycles. The van der Waals surface area contributed by atoms with Crippen LogP contribution in [-0.4, -0.2) is 83.9 Å². The van der Waals surface area contributed by atoms with Crippen LogP contribution in [0.5, 0.6) is 0 Å². The van der Waals surface area contributed by atoms with Gasteiger partial charge in [-0.15, -0.1) is 0 Å². The molecule has 3 saturated heterocycles. The number of morpholine rings is 1. The number of likely N-dealkylation sites (tertiary alicyclic amines) is 1. The molecule has 1 N–H and O–H groups in total. The predicted molar refractivity (Wildman–Crippen MR) is 84.4 cm³/mol. The second-order valence-electron chi connectivity index (χ2n) is 7.44. The summed E-state index contributed by atoms with van der Waals surface area (Å²) in [6.45, 7) is 7.23. The molecule has 4 atom stereocenters. The number of amides is 1. The molecule has 2 bridgehead atoms. The maximum absolute atomic E-state index is 12.8. The van der Waals surface area contributed by atoms with Crippen molar-refractivity contribution in [2.24, 2.45) is 11.8 Å². The first-order chi connectivity index (χ1) is 11.5. The summed E-state index contributed by atoms with van der Waals surface area (Å²) >= 11 is 0. The van der Waals surface area contributed by atoms with Gasteiger partial charge in [-0.1, -0.05) is 12.2 Å². The molecule has 132 valence electrons. The minimum absolute atomic E-state index is 0.0718. The Labute approximate surface area is 141 Å². The van der Waals surface area contributed by atoms with Gasteiger partial charge in [-0.2, -0.15) is 0 Å². The Balaban J connectivity index is 1.41. The number of fused-ring (bicyclic) bond motifs is 1. The van der Waals surface area contributed by atoms with E-state index in [4.69, 9.17) is 9.47 Å². The van der Waals surface area contributed by atoms with E-state index in [0.29, 0.717) is 13.1 Å². The number of carbonyl (C=O) groups excluding carboxylic acids is 1. The summed E-state index contributed by atoms with van der Waals surface area (Å²) in [5.41, 5.74) is -1.60. The number of carboxylic acids is 1. The van der Waals surface area contributed by atoms with Gasteiger partial charge < -0.3 is 19.5 Å². The largest absolute Gasteiger partial charge is 0.481 e. The van der Waals surface area contributed by atoms with Gasteiger partial charge in [-0.25, -0.2) is 0 Å². The van der Waals surface area contributed by atoms with Gasteiger partial charge in [0.15, 0.2) is 0 Å². The highest BCUT2D eigenvalue weighted by molar-refractivity contribution is 5.91. The zero-order valence-electron chi connectivity index (χ0n) is 13.9. The predicted octanol–water partition coefficient (Wildman–Crippen LogP) is -0.0346. The van der Waals surface area contributed by atoms with Crippen LogP contribution in [0.2, 0.25) is 0 Å². The molecule has 4 aliphatic rings. The lowest BCUT2D eigenvalue weighted by Gasteiger charge is -2.28. The molecule has 1 spiro atoms. The molecular formula is C17H24N2O5. The average molecular weight is 336 g/mol. The number of carbonyl (C=O) groups is 2. The van der Waals surface area contributed by atoms with Crippen LogP contribution in [0.3, 0.4) is 0 Å². The maximum atomic E-state index is 12.8. The Morgan fingerprint density at radius 3 is 2.79 bits per heavy atom. The summed E-state index contributed by atoms with van der Waals surface area (Å²) < 4.78 is 11.4. The Morgan fingerprint density at radius 1 is 1.33 bits per heavy atom. The highest BCUT2D eigenvalue weighted by Crippen LogP contribution is 2.57. The number of hydrogen-bond donors (Lipinski definition) is 1. The molecule has 4 aliphatic heterocycles. The fourth-order valence-corrected chi connectivity index (χ4v) is 4.73. The third kappa shape index (κ3) is 2.29. The standard InChI is InChI=1S/C17H24N2O5/c1-16-3-4-17(24-16)11-19(14(20)12(17)13(16)15(21)22)6-2-5-18-7-9-23-10-8-18/h3-4,12-13H,2,5-11H2,1H3,(H,21,22)/t12-,13+,16-,17+/m0/s1. The third-order valence-electron chi connectivity index (χ3n) is 5.87. The lowest BCUT2D eigenvalue weighted by atomic mass is 9.72. The molecule has 0 unspecified atom stereocenters. The van der Waals surface area contributed by atoms with Crippen molar-refractivity contribution < 1.29 is 24.2 Å². The summed E-state index contributed by atoms with van der Waals surface area (Å²) in [7, 11) is 0. The third-order valence-corrected chi connectivity index (χ3v) is 5.87. The van der Waals surface area contributed by atoms with Crippen molar-refractivity contribution in [3.8, 4) is 0 Å². The molecule has 3 fully saturated rings. The first-order valence-electron chi connectivity index (χ1n) is 8.67. The molecule has 7 heteroatoms. The lowest BCUT2D eigenvalue weighted by molar-refractivity contribution is -0.150. The highest BCUT2D eigenvalue weighted by Gasteiger charge is 2.71. The zero-order valence-corrected chi connectivity index (χ0v) is 13.9. The van der Waals surface area contributed by atoms with Gasteiger partial charge in [-0.05, 0) is 13.3 Å². The molecule has 0 aromatic heterocycles. The van der Waals surface area contributed by atoms with Gasteiger partial charge in [0.2, 0.25) is 5.91 Å². The van der Waals surface area contributed by atoms with E-state index in [9.17, 15) is 14.7 Å².